The number of rotatable bonds is 6. The van der Waals surface area contributed by atoms with Crippen LogP contribution in [0.25, 0.3) is 0 Å². The first-order chi connectivity index (χ1) is 7.72. The summed E-state index contributed by atoms with van der Waals surface area (Å²) in [5, 5.41) is 2.73. The van der Waals surface area contributed by atoms with Crippen LogP contribution in [0, 0.1) is 0 Å². The molecule has 0 aliphatic heterocycles. The Morgan fingerprint density at radius 2 is 2.19 bits per heavy atom. The molecule has 0 bridgehead atoms. The molecule has 3 heteroatoms. The zero-order valence-corrected chi connectivity index (χ0v) is 9.48. The normalized spacial score (nSPS) is 11.8. The van der Waals surface area contributed by atoms with E-state index in [9.17, 15) is 4.79 Å². The Bertz CT molecular complexity index is 335. The highest BCUT2D eigenvalue weighted by Crippen LogP contribution is 2.00. The van der Waals surface area contributed by atoms with Crippen LogP contribution in [-0.2, 0) is 16.1 Å². The third-order valence-electron chi connectivity index (χ3n) is 2.05. The molecule has 0 heterocycles. The molecule has 0 saturated carbocycles. The van der Waals surface area contributed by atoms with Crippen molar-refractivity contribution in [3.63, 3.8) is 0 Å². The van der Waals surface area contributed by atoms with Crippen LogP contribution in [0.15, 0.2) is 43.0 Å². The lowest BCUT2D eigenvalue weighted by Gasteiger charge is -2.12. The highest BCUT2D eigenvalue weighted by molar-refractivity contribution is 5.87. The molecule has 1 aromatic carbocycles. The predicted octanol–water partition coefficient (Wildman–Crippen LogP) is 1.89. The molecule has 16 heavy (non-hydrogen) atoms. The van der Waals surface area contributed by atoms with E-state index < -0.39 is 0 Å². The fourth-order valence-corrected chi connectivity index (χ4v) is 1.27. The molecule has 0 aromatic heterocycles. The van der Waals surface area contributed by atoms with E-state index in [1.165, 1.54) is 6.08 Å². The summed E-state index contributed by atoms with van der Waals surface area (Å²) in [6.07, 6.45) is 1.26. The summed E-state index contributed by atoms with van der Waals surface area (Å²) in [5.74, 6) is -0.171. The molecule has 1 rings (SSSR count). The largest absolute Gasteiger partial charge is 0.375 e. The second-order valence-electron chi connectivity index (χ2n) is 3.61. The van der Waals surface area contributed by atoms with E-state index >= 15 is 0 Å². The van der Waals surface area contributed by atoms with Gasteiger partial charge in [0.1, 0.15) is 0 Å². The van der Waals surface area contributed by atoms with E-state index in [1.54, 1.807) is 0 Å². The summed E-state index contributed by atoms with van der Waals surface area (Å²) in [6, 6.07) is 9.92. The van der Waals surface area contributed by atoms with Gasteiger partial charge in [0.25, 0.3) is 0 Å². The zero-order valence-electron chi connectivity index (χ0n) is 9.48. The summed E-state index contributed by atoms with van der Waals surface area (Å²) in [6.45, 7) is 6.34. The van der Waals surface area contributed by atoms with Crippen molar-refractivity contribution in [2.45, 2.75) is 19.6 Å². The number of hydrogen-bond donors (Lipinski definition) is 1. The smallest absolute Gasteiger partial charge is 0.243 e. The molecule has 3 nitrogen and oxygen atoms in total. The van der Waals surface area contributed by atoms with Crippen LogP contribution in [0.5, 0.6) is 0 Å². The van der Waals surface area contributed by atoms with Gasteiger partial charge in [-0.2, -0.15) is 0 Å². The number of nitrogens with one attached hydrogen (secondary N) is 1. The summed E-state index contributed by atoms with van der Waals surface area (Å²) in [4.78, 5) is 11.0. The third kappa shape index (κ3) is 4.75. The number of hydrogen-bond acceptors (Lipinski definition) is 2. The molecule has 1 amide bonds. The van der Waals surface area contributed by atoms with Crippen LogP contribution in [0.4, 0.5) is 0 Å². The number of carbonyl (C=O) groups is 1. The molecule has 0 radical (unpaired) electrons. The lowest BCUT2D eigenvalue weighted by atomic mass is 10.2. The van der Waals surface area contributed by atoms with Gasteiger partial charge in [-0.1, -0.05) is 36.9 Å². The summed E-state index contributed by atoms with van der Waals surface area (Å²) < 4.78 is 5.48. The van der Waals surface area contributed by atoms with Crippen molar-refractivity contribution in [3.8, 4) is 0 Å². The third-order valence-corrected chi connectivity index (χ3v) is 2.05. The minimum absolute atomic E-state index is 0.00536. The Hall–Kier alpha value is -1.61. The van der Waals surface area contributed by atoms with Gasteiger partial charge in [-0.05, 0) is 18.6 Å². The molecule has 0 fully saturated rings. The average Bonchev–Trinajstić information content (AvgIpc) is 2.30. The summed E-state index contributed by atoms with van der Waals surface area (Å²) in [7, 11) is 0. The second kappa shape index (κ2) is 6.80. The molecule has 1 atom stereocenters. The topological polar surface area (TPSA) is 38.3 Å². The van der Waals surface area contributed by atoms with Crippen molar-refractivity contribution in [3.05, 3.63) is 48.6 Å². The first kappa shape index (κ1) is 12.5. The van der Waals surface area contributed by atoms with Crippen molar-refractivity contribution in [1.29, 1.82) is 0 Å². The molecule has 1 aromatic rings. The fourth-order valence-electron chi connectivity index (χ4n) is 1.27. The molecule has 0 aliphatic carbocycles. The van der Waals surface area contributed by atoms with Gasteiger partial charge in [-0.25, -0.2) is 0 Å². The van der Waals surface area contributed by atoms with Gasteiger partial charge in [0.05, 0.1) is 13.2 Å². The van der Waals surface area contributed by atoms with Crippen molar-refractivity contribution in [1.82, 2.24) is 5.32 Å². The van der Waals surface area contributed by atoms with Gasteiger partial charge in [-0.15, -0.1) is 0 Å². The van der Waals surface area contributed by atoms with Gasteiger partial charge < -0.3 is 10.1 Å². The standard InChI is InChI=1S/C13H17NO2/c1-3-13(15)14-11(2)9-16-10-12-7-5-4-6-8-12/h3-8,11H,1,9-10H2,2H3,(H,14,15)/t11-/m1/s1. The van der Waals surface area contributed by atoms with Gasteiger partial charge in [0.15, 0.2) is 0 Å². The maximum absolute atomic E-state index is 11.0. The molecule has 0 unspecified atom stereocenters. The van der Waals surface area contributed by atoms with Gasteiger partial charge >= 0.3 is 0 Å². The fraction of sp³-hybridized carbons (Fsp3) is 0.308. The van der Waals surface area contributed by atoms with Crippen LogP contribution in [-0.4, -0.2) is 18.6 Å². The SMILES string of the molecule is C=CC(=O)N[C@H](C)COCc1ccccc1. The maximum Gasteiger partial charge on any atom is 0.243 e. The lowest BCUT2D eigenvalue weighted by molar-refractivity contribution is -0.117. The van der Waals surface area contributed by atoms with Crippen molar-refractivity contribution in [2.24, 2.45) is 0 Å². The first-order valence-electron chi connectivity index (χ1n) is 5.27. The van der Waals surface area contributed by atoms with Crippen LogP contribution in [0.1, 0.15) is 12.5 Å². The van der Waals surface area contributed by atoms with E-state index in [2.05, 4.69) is 11.9 Å². The Labute approximate surface area is 96.1 Å². The molecular formula is C13H17NO2. The Balaban J connectivity index is 2.20. The summed E-state index contributed by atoms with van der Waals surface area (Å²) >= 11 is 0. The Morgan fingerprint density at radius 3 is 2.81 bits per heavy atom. The van der Waals surface area contributed by atoms with Gasteiger partial charge in [0.2, 0.25) is 5.91 Å². The van der Waals surface area contributed by atoms with Crippen LogP contribution in [0.3, 0.4) is 0 Å². The Kier molecular flexibility index (Phi) is 5.29. The van der Waals surface area contributed by atoms with E-state index in [4.69, 9.17) is 4.74 Å². The number of amides is 1. The number of ether oxygens (including phenoxy) is 1. The zero-order chi connectivity index (χ0) is 11.8. The summed E-state index contributed by atoms with van der Waals surface area (Å²) in [5.41, 5.74) is 1.13. The van der Waals surface area contributed by atoms with Crippen LogP contribution in [0.2, 0.25) is 0 Å². The van der Waals surface area contributed by atoms with Gasteiger partial charge in [-0.3, -0.25) is 4.79 Å². The first-order valence-corrected chi connectivity index (χ1v) is 5.27. The molecule has 0 saturated heterocycles. The highest BCUT2D eigenvalue weighted by Gasteiger charge is 2.03. The van der Waals surface area contributed by atoms with Crippen molar-refractivity contribution < 1.29 is 9.53 Å². The van der Waals surface area contributed by atoms with E-state index in [0.717, 1.165) is 5.56 Å². The molecule has 0 aliphatic rings. The molecule has 86 valence electrons. The second-order valence-corrected chi connectivity index (χ2v) is 3.61. The van der Waals surface area contributed by atoms with E-state index in [1.807, 2.05) is 37.3 Å². The number of carbonyl (C=O) groups excluding carboxylic acids is 1. The quantitative estimate of drug-likeness (QED) is 0.742. The Morgan fingerprint density at radius 1 is 1.50 bits per heavy atom. The minimum Gasteiger partial charge on any atom is -0.375 e. The monoisotopic (exact) mass is 219 g/mol. The van der Waals surface area contributed by atoms with E-state index in [-0.39, 0.29) is 11.9 Å². The molecule has 0 spiro atoms. The average molecular weight is 219 g/mol. The van der Waals surface area contributed by atoms with Crippen LogP contribution >= 0.6 is 0 Å². The minimum atomic E-state index is -0.171. The highest BCUT2D eigenvalue weighted by atomic mass is 16.5. The molecule has 1 N–H and O–H groups in total. The van der Waals surface area contributed by atoms with Crippen molar-refractivity contribution >= 4 is 5.91 Å². The number of benzene rings is 1. The maximum atomic E-state index is 11.0. The van der Waals surface area contributed by atoms with Crippen molar-refractivity contribution in [2.75, 3.05) is 6.61 Å². The predicted molar refractivity (Wildman–Crippen MR) is 63.9 cm³/mol. The van der Waals surface area contributed by atoms with Gasteiger partial charge in [0, 0.05) is 6.04 Å². The van der Waals surface area contributed by atoms with E-state index in [0.29, 0.717) is 13.2 Å². The molecular weight excluding hydrogens is 202 g/mol. The van der Waals surface area contributed by atoms with Crippen LogP contribution < -0.4 is 5.32 Å². The lowest BCUT2D eigenvalue weighted by Crippen LogP contribution is -2.34.